The van der Waals surface area contributed by atoms with Gasteiger partial charge in [-0.2, -0.15) is 0 Å². The normalized spacial score (nSPS) is 11.6. The van der Waals surface area contributed by atoms with Crippen LogP contribution in [0, 0.1) is 0 Å². The average Bonchev–Trinajstić information content (AvgIpc) is 3.76. The van der Waals surface area contributed by atoms with Crippen molar-refractivity contribution >= 4 is 82.1 Å². The van der Waals surface area contributed by atoms with Crippen molar-refractivity contribution in [3.63, 3.8) is 0 Å². The van der Waals surface area contributed by atoms with Crippen LogP contribution in [0.25, 0.3) is 110 Å². The number of nitrogens with zero attached hydrogens (tertiary/aromatic N) is 1. The number of para-hydroxylation sites is 1. The molecule has 2 heteroatoms. The van der Waals surface area contributed by atoms with Crippen LogP contribution in [0.3, 0.4) is 0 Å². The number of hydrogen-bond donors (Lipinski definition) is 0. The van der Waals surface area contributed by atoms with Crippen molar-refractivity contribution < 1.29 is 4.42 Å². The van der Waals surface area contributed by atoms with Gasteiger partial charge in [0.05, 0.1) is 16.8 Å². The maximum Gasteiger partial charge on any atom is 0.137 e. The highest BCUT2D eigenvalue weighted by molar-refractivity contribution is 6.18. The summed E-state index contributed by atoms with van der Waals surface area (Å²) in [5.74, 6) is 0. The van der Waals surface area contributed by atoms with Gasteiger partial charge in [-0.15, -0.1) is 0 Å². The number of fused-ring (bicyclic) bond motifs is 8. The van der Waals surface area contributed by atoms with Gasteiger partial charge in [0.25, 0.3) is 0 Å². The highest BCUT2D eigenvalue weighted by atomic mass is 16.3. The monoisotopic (exact) mass is 839 g/mol. The maximum atomic E-state index is 6.78. The van der Waals surface area contributed by atoms with E-state index in [-0.39, 0.29) is 0 Å². The molecule has 1 aromatic heterocycles. The van der Waals surface area contributed by atoms with Crippen molar-refractivity contribution in [3.8, 4) is 44.5 Å². The second-order valence-corrected chi connectivity index (χ2v) is 17.2. The molecule has 13 rings (SSSR count). The summed E-state index contributed by atoms with van der Waals surface area (Å²) in [6.07, 6.45) is 0. The summed E-state index contributed by atoms with van der Waals surface area (Å²) in [5.41, 5.74) is 14.2. The van der Waals surface area contributed by atoms with Crippen LogP contribution in [-0.4, -0.2) is 0 Å². The third-order valence-electron chi connectivity index (χ3n) is 13.4. The summed E-state index contributed by atoms with van der Waals surface area (Å²) in [6, 6.07) is 90.5. The lowest BCUT2D eigenvalue weighted by molar-refractivity contribution is 0.669. The van der Waals surface area contributed by atoms with Gasteiger partial charge in [0, 0.05) is 16.6 Å². The van der Waals surface area contributed by atoms with Crippen LogP contribution >= 0.6 is 0 Å². The van der Waals surface area contributed by atoms with Crippen LogP contribution in [0.1, 0.15) is 0 Å². The molecule has 0 saturated carbocycles. The second kappa shape index (κ2) is 15.5. The van der Waals surface area contributed by atoms with E-state index in [1.54, 1.807) is 0 Å². The minimum atomic E-state index is 0.846. The summed E-state index contributed by atoms with van der Waals surface area (Å²) in [5, 5.41) is 11.9. The van der Waals surface area contributed by atoms with Gasteiger partial charge in [0.2, 0.25) is 0 Å². The first-order chi connectivity index (χ1) is 32.7. The molecule has 0 radical (unpaired) electrons. The molecule has 0 fully saturated rings. The van der Waals surface area contributed by atoms with E-state index in [2.05, 4.69) is 254 Å². The van der Waals surface area contributed by atoms with Crippen LogP contribution in [0.5, 0.6) is 0 Å². The number of furan rings is 1. The van der Waals surface area contributed by atoms with Gasteiger partial charge in [0.1, 0.15) is 11.2 Å². The predicted molar refractivity (Wildman–Crippen MR) is 280 cm³/mol. The summed E-state index contributed by atoms with van der Waals surface area (Å²) in [7, 11) is 0. The van der Waals surface area contributed by atoms with Gasteiger partial charge in [0.15, 0.2) is 0 Å². The van der Waals surface area contributed by atoms with E-state index in [4.69, 9.17) is 4.42 Å². The topological polar surface area (TPSA) is 16.4 Å². The fourth-order valence-electron chi connectivity index (χ4n) is 10.4. The lowest BCUT2D eigenvalue weighted by Crippen LogP contribution is -2.12. The van der Waals surface area contributed by atoms with Crippen LogP contribution < -0.4 is 4.90 Å². The van der Waals surface area contributed by atoms with E-state index in [9.17, 15) is 0 Å². The zero-order chi connectivity index (χ0) is 43.6. The molecule has 0 spiro atoms. The Morgan fingerprint density at radius 1 is 0.258 bits per heavy atom. The molecule has 13 aromatic rings. The summed E-state index contributed by atoms with van der Waals surface area (Å²) >= 11 is 0. The Morgan fingerprint density at radius 3 is 1.67 bits per heavy atom. The lowest BCUT2D eigenvalue weighted by Gasteiger charge is -2.30. The van der Waals surface area contributed by atoms with E-state index in [0.29, 0.717) is 0 Å². The zero-order valence-electron chi connectivity index (χ0n) is 36.0. The van der Waals surface area contributed by atoms with Crippen molar-refractivity contribution in [3.05, 3.63) is 249 Å². The molecule has 0 atom stereocenters. The molecule has 0 amide bonds. The Labute approximate surface area is 382 Å². The van der Waals surface area contributed by atoms with Gasteiger partial charge in [-0.1, -0.05) is 194 Å². The number of anilines is 3. The van der Waals surface area contributed by atoms with E-state index in [0.717, 1.165) is 66.6 Å². The Hall–Kier alpha value is -8.72. The van der Waals surface area contributed by atoms with Crippen LogP contribution in [0.4, 0.5) is 17.1 Å². The quantitative estimate of drug-likeness (QED) is 0.149. The fourth-order valence-corrected chi connectivity index (χ4v) is 10.4. The summed E-state index contributed by atoms with van der Waals surface area (Å²) < 4.78 is 6.78. The Bertz CT molecular complexity index is 4010. The van der Waals surface area contributed by atoms with E-state index in [1.165, 1.54) is 60.0 Å². The van der Waals surface area contributed by atoms with E-state index < -0.39 is 0 Å². The minimum absolute atomic E-state index is 0.846. The molecule has 0 aliphatic carbocycles. The van der Waals surface area contributed by atoms with E-state index >= 15 is 0 Å². The largest absolute Gasteiger partial charge is 0.456 e. The van der Waals surface area contributed by atoms with Gasteiger partial charge < -0.3 is 9.32 Å². The first kappa shape index (κ1) is 37.8. The van der Waals surface area contributed by atoms with Crippen molar-refractivity contribution in [2.45, 2.75) is 0 Å². The average molecular weight is 840 g/mol. The molecule has 0 N–H and O–H groups in total. The lowest BCUT2D eigenvalue weighted by atomic mass is 9.88. The molecular weight excluding hydrogens is 799 g/mol. The van der Waals surface area contributed by atoms with Crippen LogP contribution in [-0.2, 0) is 0 Å². The van der Waals surface area contributed by atoms with Gasteiger partial charge in [-0.3, -0.25) is 0 Å². The highest BCUT2D eigenvalue weighted by Crippen LogP contribution is 2.50. The fraction of sp³-hybridized carbons (Fsp3) is 0. The number of benzene rings is 12. The maximum absolute atomic E-state index is 6.78. The predicted octanol–water partition coefficient (Wildman–Crippen LogP) is 18.3. The molecule has 0 bridgehead atoms. The van der Waals surface area contributed by atoms with Crippen LogP contribution in [0.15, 0.2) is 253 Å². The molecule has 0 unspecified atom stereocenters. The highest BCUT2D eigenvalue weighted by Gasteiger charge is 2.25. The second-order valence-electron chi connectivity index (χ2n) is 17.2. The molecule has 66 heavy (non-hydrogen) atoms. The van der Waals surface area contributed by atoms with Crippen LogP contribution in [0.2, 0.25) is 0 Å². The molecule has 0 aliphatic rings. The van der Waals surface area contributed by atoms with Crippen molar-refractivity contribution in [2.24, 2.45) is 0 Å². The zero-order valence-corrected chi connectivity index (χ0v) is 36.0. The number of rotatable bonds is 7. The molecule has 1 heterocycles. The Balaban J connectivity index is 1.10. The molecule has 12 aromatic carbocycles. The SMILES string of the molecule is c1ccc(-c2ccc(N(c3ccccc3-c3ccccc3-c3cc4ccccc4c4ccccc34)c3cccc4oc5cc6ccccc6cc5c34)cc2-c2ccc3ccccc3c2)cc1. The number of hydrogen-bond acceptors (Lipinski definition) is 2. The van der Waals surface area contributed by atoms with Crippen molar-refractivity contribution in [2.75, 3.05) is 4.90 Å². The first-order valence-corrected chi connectivity index (χ1v) is 22.7. The van der Waals surface area contributed by atoms with Crippen molar-refractivity contribution in [1.82, 2.24) is 0 Å². The Morgan fingerprint density at radius 2 is 0.864 bits per heavy atom. The van der Waals surface area contributed by atoms with Gasteiger partial charge in [-0.25, -0.2) is 0 Å². The minimum Gasteiger partial charge on any atom is -0.456 e. The third kappa shape index (κ3) is 6.26. The van der Waals surface area contributed by atoms with Crippen molar-refractivity contribution in [1.29, 1.82) is 0 Å². The standard InChI is InChI=1S/C64H41NO/c1-2-18-43(19-3-1)51-36-35-49(41-57(51)48-34-33-42-17-4-5-20-44(42)37-48)65(61-31-16-32-62-64(61)59-38-45-21-6-7-22-46(45)40-63(59)66-62)60-30-15-14-29-56(60)53-26-11-13-28-55(53)58-39-47-23-8-9-24-50(47)52-25-10-12-27-54(52)58/h1-41H. The van der Waals surface area contributed by atoms with Gasteiger partial charge >= 0.3 is 0 Å². The first-order valence-electron chi connectivity index (χ1n) is 22.7. The molecular formula is C64H41NO. The molecule has 0 aliphatic heterocycles. The Kier molecular flexibility index (Phi) is 8.89. The molecule has 0 saturated heterocycles. The third-order valence-corrected chi connectivity index (χ3v) is 13.4. The summed E-state index contributed by atoms with van der Waals surface area (Å²) in [4.78, 5) is 2.47. The molecule has 308 valence electrons. The van der Waals surface area contributed by atoms with E-state index in [1.807, 2.05) is 0 Å². The van der Waals surface area contributed by atoms with Gasteiger partial charge in [-0.05, 0) is 137 Å². The molecule has 2 nitrogen and oxygen atoms in total. The summed E-state index contributed by atoms with van der Waals surface area (Å²) in [6.45, 7) is 0. The smallest absolute Gasteiger partial charge is 0.137 e.